The fourth-order valence-corrected chi connectivity index (χ4v) is 4.52. The molecule has 2 aromatic carbocycles. The van der Waals surface area contributed by atoms with Crippen LogP contribution in [-0.4, -0.2) is 34.7 Å². The van der Waals surface area contributed by atoms with Crippen LogP contribution in [0.15, 0.2) is 53.9 Å². The number of hydrogen-bond acceptors (Lipinski definition) is 6. The van der Waals surface area contributed by atoms with E-state index >= 15 is 0 Å². The average molecular weight is 419 g/mol. The lowest BCUT2D eigenvalue weighted by Gasteiger charge is -2.23. The summed E-state index contributed by atoms with van der Waals surface area (Å²) < 4.78 is 0. The molecule has 2 atom stereocenters. The predicted molar refractivity (Wildman–Crippen MR) is 117 cm³/mol. The first-order valence-corrected chi connectivity index (χ1v) is 10.7. The summed E-state index contributed by atoms with van der Waals surface area (Å²) in [7, 11) is 0. The monoisotopic (exact) mass is 418 g/mol. The Hall–Kier alpha value is -3.21. The number of β-amino-alcohol motifs (C(OH)–C–C–N with tert-alkyl or cyclic N) is 1. The van der Waals surface area contributed by atoms with Gasteiger partial charge in [-0.1, -0.05) is 36.4 Å². The molecule has 4 rings (SSSR count). The number of aliphatic hydroxyl groups is 1. The summed E-state index contributed by atoms with van der Waals surface area (Å²) in [4.78, 5) is 19.5. The number of nitriles is 1. The van der Waals surface area contributed by atoms with Gasteiger partial charge in [0.05, 0.1) is 23.4 Å². The zero-order valence-corrected chi connectivity index (χ0v) is 17.4. The topological polar surface area (TPSA) is 89.2 Å². The number of nitrogens with zero attached hydrogens (tertiary/aromatic N) is 3. The number of anilines is 1. The molecule has 1 fully saturated rings. The number of rotatable bonds is 5. The quantitative estimate of drug-likeness (QED) is 0.664. The molecule has 1 saturated heterocycles. The van der Waals surface area contributed by atoms with Gasteiger partial charge >= 0.3 is 0 Å². The van der Waals surface area contributed by atoms with Crippen molar-refractivity contribution in [1.82, 2.24) is 10.3 Å². The minimum absolute atomic E-state index is 0.107. The second kappa shape index (κ2) is 8.66. The number of aliphatic hydroxyl groups excluding tert-OH is 1. The fourth-order valence-electron chi connectivity index (χ4n) is 3.63. The van der Waals surface area contributed by atoms with Crippen molar-refractivity contribution in [3.8, 4) is 17.3 Å². The Labute approximate surface area is 179 Å². The van der Waals surface area contributed by atoms with E-state index in [1.807, 2.05) is 53.6 Å². The van der Waals surface area contributed by atoms with Crippen LogP contribution in [0.5, 0.6) is 0 Å². The lowest BCUT2D eigenvalue weighted by molar-refractivity contribution is -0.122. The van der Waals surface area contributed by atoms with E-state index in [4.69, 9.17) is 5.26 Å². The molecule has 1 unspecified atom stereocenters. The summed E-state index contributed by atoms with van der Waals surface area (Å²) in [6.45, 7) is 2.86. The number of nitrogens with one attached hydrogen (secondary N) is 1. The van der Waals surface area contributed by atoms with Crippen LogP contribution in [-0.2, 0) is 11.3 Å². The number of amides is 1. The van der Waals surface area contributed by atoms with Crippen molar-refractivity contribution >= 4 is 22.4 Å². The van der Waals surface area contributed by atoms with E-state index in [2.05, 4.69) is 16.4 Å². The molecule has 30 heavy (non-hydrogen) atoms. The van der Waals surface area contributed by atoms with Gasteiger partial charge in [-0.3, -0.25) is 4.79 Å². The molecule has 0 saturated carbocycles. The van der Waals surface area contributed by atoms with E-state index in [-0.39, 0.29) is 5.91 Å². The van der Waals surface area contributed by atoms with Crippen LogP contribution in [0.4, 0.5) is 5.13 Å². The van der Waals surface area contributed by atoms with Crippen LogP contribution in [0.3, 0.4) is 0 Å². The van der Waals surface area contributed by atoms with Gasteiger partial charge in [-0.25, -0.2) is 4.98 Å². The smallest absolute Gasteiger partial charge is 0.243 e. The van der Waals surface area contributed by atoms with Gasteiger partial charge in [0.1, 0.15) is 6.04 Å². The van der Waals surface area contributed by atoms with E-state index < -0.39 is 12.1 Å². The number of carbonyl (C=O) groups excluding carboxylic acids is 1. The number of hydrogen-bond donors (Lipinski definition) is 2. The predicted octanol–water partition coefficient (Wildman–Crippen LogP) is 3.25. The van der Waals surface area contributed by atoms with Crippen LogP contribution < -0.4 is 10.2 Å². The Morgan fingerprint density at radius 3 is 2.80 bits per heavy atom. The SMILES string of the molecule is Cc1ccccc1CNC(=O)[C@@H]1CC(O)CN1c1nc(-c2ccc(C#N)cc2)cs1. The molecular formula is C23H22N4O2S. The van der Waals surface area contributed by atoms with Crippen LogP contribution >= 0.6 is 11.3 Å². The molecule has 1 aliphatic heterocycles. The Balaban J connectivity index is 1.48. The van der Waals surface area contributed by atoms with Crippen LogP contribution in [0, 0.1) is 18.3 Å². The highest BCUT2D eigenvalue weighted by Crippen LogP contribution is 2.32. The molecule has 2 N–H and O–H groups in total. The number of thiazole rings is 1. The zero-order valence-electron chi connectivity index (χ0n) is 16.6. The number of aromatic nitrogens is 1. The molecule has 7 heteroatoms. The molecule has 0 spiro atoms. The lowest BCUT2D eigenvalue weighted by atomic mass is 10.1. The molecule has 6 nitrogen and oxygen atoms in total. The minimum Gasteiger partial charge on any atom is -0.391 e. The van der Waals surface area contributed by atoms with Gasteiger partial charge in [0, 0.05) is 30.5 Å². The van der Waals surface area contributed by atoms with Crippen molar-refractivity contribution < 1.29 is 9.90 Å². The minimum atomic E-state index is -0.568. The molecule has 0 aliphatic carbocycles. The summed E-state index contributed by atoms with van der Waals surface area (Å²) in [5.74, 6) is -0.107. The standard InChI is InChI=1S/C23H22N4O2S/c1-15-4-2-3-5-18(15)12-25-22(29)21-10-19(28)13-27(21)23-26-20(14-30-23)17-8-6-16(11-24)7-9-17/h2-9,14,19,21,28H,10,12-13H2,1H3,(H,25,29)/t19?,21-/m0/s1. The molecule has 1 aliphatic rings. The number of aryl methyl sites for hydroxylation is 1. The first kappa shape index (κ1) is 20.1. The second-order valence-electron chi connectivity index (χ2n) is 7.41. The Morgan fingerprint density at radius 1 is 1.30 bits per heavy atom. The maximum atomic E-state index is 12.9. The van der Waals surface area contributed by atoms with Gasteiger partial charge < -0.3 is 15.3 Å². The first-order valence-electron chi connectivity index (χ1n) is 9.78. The summed E-state index contributed by atoms with van der Waals surface area (Å²) in [5, 5.41) is 24.8. The van der Waals surface area contributed by atoms with Crippen molar-refractivity contribution in [2.45, 2.75) is 32.0 Å². The third-order valence-electron chi connectivity index (χ3n) is 5.34. The third kappa shape index (κ3) is 4.20. The van der Waals surface area contributed by atoms with Crippen LogP contribution in [0.2, 0.25) is 0 Å². The molecule has 152 valence electrons. The number of carbonyl (C=O) groups is 1. The zero-order chi connectivity index (χ0) is 21.1. The maximum Gasteiger partial charge on any atom is 0.243 e. The first-order chi connectivity index (χ1) is 14.5. The van der Waals surface area contributed by atoms with Crippen molar-refractivity contribution in [2.75, 3.05) is 11.4 Å². The molecule has 0 radical (unpaired) electrons. The van der Waals surface area contributed by atoms with Crippen molar-refractivity contribution in [1.29, 1.82) is 5.26 Å². The van der Waals surface area contributed by atoms with E-state index in [9.17, 15) is 9.90 Å². The summed E-state index contributed by atoms with van der Waals surface area (Å²) in [6, 6.07) is 16.9. The molecular weight excluding hydrogens is 396 g/mol. The van der Waals surface area contributed by atoms with Crippen LogP contribution in [0.25, 0.3) is 11.3 Å². The van der Waals surface area contributed by atoms with Crippen molar-refractivity contribution in [3.05, 3.63) is 70.6 Å². The third-order valence-corrected chi connectivity index (χ3v) is 6.22. The maximum absolute atomic E-state index is 12.9. The van der Waals surface area contributed by atoms with Crippen molar-refractivity contribution in [2.24, 2.45) is 0 Å². The van der Waals surface area contributed by atoms with Gasteiger partial charge in [-0.05, 0) is 30.2 Å². The lowest BCUT2D eigenvalue weighted by Crippen LogP contribution is -2.43. The largest absolute Gasteiger partial charge is 0.391 e. The van der Waals surface area contributed by atoms with Gasteiger partial charge in [-0.15, -0.1) is 11.3 Å². The molecule has 3 aromatic rings. The highest BCUT2D eigenvalue weighted by Gasteiger charge is 2.37. The second-order valence-corrected chi connectivity index (χ2v) is 8.24. The summed E-state index contributed by atoms with van der Waals surface area (Å²) >= 11 is 1.45. The summed E-state index contributed by atoms with van der Waals surface area (Å²) in [5.41, 5.74) is 4.51. The van der Waals surface area contributed by atoms with E-state index in [1.54, 1.807) is 12.1 Å². The van der Waals surface area contributed by atoms with Gasteiger partial charge in [0.15, 0.2) is 5.13 Å². The van der Waals surface area contributed by atoms with Gasteiger partial charge in [0.2, 0.25) is 5.91 Å². The number of benzene rings is 2. The Morgan fingerprint density at radius 2 is 2.07 bits per heavy atom. The molecule has 0 bridgehead atoms. The fraction of sp³-hybridized carbons (Fsp3) is 0.261. The van der Waals surface area contributed by atoms with Gasteiger partial charge in [0.25, 0.3) is 0 Å². The van der Waals surface area contributed by atoms with Crippen molar-refractivity contribution in [3.63, 3.8) is 0 Å². The Kier molecular flexibility index (Phi) is 5.79. The average Bonchev–Trinajstić information content (AvgIpc) is 3.40. The van der Waals surface area contributed by atoms with Gasteiger partial charge in [-0.2, -0.15) is 5.26 Å². The van der Waals surface area contributed by atoms with E-state index in [1.165, 1.54) is 11.3 Å². The highest BCUT2D eigenvalue weighted by atomic mass is 32.1. The molecule has 2 heterocycles. The highest BCUT2D eigenvalue weighted by molar-refractivity contribution is 7.14. The van der Waals surface area contributed by atoms with E-state index in [0.717, 1.165) is 22.4 Å². The Bertz CT molecular complexity index is 1090. The van der Waals surface area contributed by atoms with Crippen LogP contribution in [0.1, 0.15) is 23.1 Å². The summed E-state index contributed by atoms with van der Waals surface area (Å²) in [6.07, 6.45) is -0.188. The molecule has 1 amide bonds. The normalized spacial score (nSPS) is 18.2. The van der Waals surface area contributed by atoms with E-state index in [0.29, 0.717) is 30.2 Å². The molecule has 1 aromatic heterocycles.